The topological polar surface area (TPSA) is 12.0 Å². The maximum Gasteiger partial charge on any atom is 0.146 e. The fourth-order valence-electron chi connectivity index (χ4n) is 2.16. The number of para-hydroxylation sites is 1. The van der Waals surface area contributed by atoms with Gasteiger partial charge in [-0.25, -0.2) is 4.39 Å². The van der Waals surface area contributed by atoms with Gasteiger partial charge in [-0.3, -0.25) is 0 Å². The Balaban J connectivity index is 1.93. The molecular weight excluding hydrogens is 237 g/mol. The molecular formula is C17H20FN. The fourth-order valence-corrected chi connectivity index (χ4v) is 2.16. The summed E-state index contributed by atoms with van der Waals surface area (Å²) in [4.78, 5) is 0. The maximum absolute atomic E-state index is 13.7. The second kappa shape index (κ2) is 6.37. The van der Waals surface area contributed by atoms with Gasteiger partial charge in [-0.05, 0) is 43.9 Å². The van der Waals surface area contributed by atoms with Crippen molar-refractivity contribution in [2.75, 3.05) is 5.32 Å². The van der Waals surface area contributed by atoms with Crippen LogP contribution in [0.25, 0.3) is 0 Å². The van der Waals surface area contributed by atoms with Gasteiger partial charge in [-0.15, -0.1) is 0 Å². The molecule has 0 saturated heterocycles. The smallest absolute Gasteiger partial charge is 0.146 e. The molecule has 0 aliphatic heterocycles. The zero-order valence-corrected chi connectivity index (χ0v) is 11.5. The fraction of sp³-hybridized carbons (Fsp3) is 0.294. The number of anilines is 1. The number of hydrogen-bond acceptors (Lipinski definition) is 1. The zero-order valence-electron chi connectivity index (χ0n) is 11.5. The highest BCUT2D eigenvalue weighted by atomic mass is 19.1. The molecule has 100 valence electrons. The molecule has 1 nitrogen and oxygen atoms in total. The molecule has 0 radical (unpaired) electrons. The molecule has 19 heavy (non-hydrogen) atoms. The van der Waals surface area contributed by atoms with E-state index in [1.807, 2.05) is 19.1 Å². The molecule has 0 aliphatic carbocycles. The molecule has 0 spiro atoms. The van der Waals surface area contributed by atoms with Crippen molar-refractivity contribution in [2.24, 2.45) is 0 Å². The van der Waals surface area contributed by atoms with Gasteiger partial charge < -0.3 is 5.32 Å². The molecule has 0 bridgehead atoms. The average Bonchev–Trinajstić information content (AvgIpc) is 2.42. The van der Waals surface area contributed by atoms with E-state index < -0.39 is 0 Å². The SMILES string of the molecule is Cc1cccc(F)c1NC(C)CCc1ccccc1. The highest BCUT2D eigenvalue weighted by Gasteiger charge is 2.08. The van der Waals surface area contributed by atoms with E-state index in [0.717, 1.165) is 18.4 Å². The number of nitrogens with one attached hydrogen (secondary N) is 1. The van der Waals surface area contributed by atoms with E-state index in [-0.39, 0.29) is 11.9 Å². The van der Waals surface area contributed by atoms with E-state index in [2.05, 4.69) is 36.5 Å². The van der Waals surface area contributed by atoms with E-state index in [4.69, 9.17) is 0 Å². The number of halogens is 1. The van der Waals surface area contributed by atoms with Crippen LogP contribution >= 0.6 is 0 Å². The first-order chi connectivity index (χ1) is 9.16. The van der Waals surface area contributed by atoms with Gasteiger partial charge in [0.15, 0.2) is 0 Å². The minimum Gasteiger partial charge on any atom is -0.380 e. The van der Waals surface area contributed by atoms with Gasteiger partial charge >= 0.3 is 0 Å². The molecule has 1 atom stereocenters. The molecule has 0 aliphatic rings. The molecule has 1 unspecified atom stereocenters. The Labute approximate surface area is 114 Å². The van der Waals surface area contributed by atoms with E-state index in [0.29, 0.717) is 5.69 Å². The maximum atomic E-state index is 13.7. The summed E-state index contributed by atoms with van der Waals surface area (Å²) in [6.45, 7) is 4.02. The lowest BCUT2D eigenvalue weighted by Crippen LogP contribution is -2.17. The lowest BCUT2D eigenvalue weighted by atomic mass is 10.1. The first-order valence-corrected chi connectivity index (χ1v) is 6.72. The van der Waals surface area contributed by atoms with Gasteiger partial charge in [0.1, 0.15) is 5.82 Å². The Hall–Kier alpha value is -1.83. The third-order valence-electron chi connectivity index (χ3n) is 3.32. The predicted octanol–water partition coefficient (Wildman–Crippen LogP) is 4.57. The molecule has 2 aromatic carbocycles. The first kappa shape index (κ1) is 13.6. The Kier molecular flexibility index (Phi) is 4.56. The van der Waals surface area contributed by atoms with Crippen molar-refractivity contribution in [2.45, 2.75) is 32.7 Å². The molecule has 1 N–H and O–H groups in total. The van der Waals surface area contributed by atoms with E-state index >= 15 is 0 Å². The van der Waals surface area contributed by atoms with Gasteiger partial charge in [0, 0.05) is 6.04 Å². The third kappa shape index (κ3) is 3.82. The minimum atomic E-state index is -0.174. The normalized spacial score (nSPS) is 12.2. The van der Waals surface area contributed by atoms with Gasteiger partial charge in [0.2, 0.25) is 0 Å². The van der Waals surface area contributed by atoms with Crippen LogP contribution in [0.5, 0.6) is 0 Å². The molecule has 0 heterocycles. The van der Waals surface area contributed by atoms with Crippen LogP contribution < -0.4 is 5.32 Å². The Morgan fingerprint density at radius 3 is 2.47 bits per heavy atom. The van der Waals surface area contributed by atoms with Crippen LogP contribution in [0.1, 0.15) is 24.5 Å². The van der Waals surface area contributed by atoms with Gasteiger partial charge in [0.25, 0.3) is 0 Å². The predicted molar refractivity (Wildman–Crippen MR) is 79.0 cm³/mol. The Bertz CT molecular complexity index is 502. The van der Waals surface area contributed by atoms with Crippen molar-refractivity contribution in [1.82, 2.24) is 0 Å². The molecule has 0 fully saturated rings. The molecule has 2 heteroatoms. The summed E-state index contributed by atoms with van der Waals surface area (Å²) in [5.74, 6) is -0.174. The average molecular weight is 257 g/mol. The quantitative estimate of drug-likeness (QED) is 0.827. The summed E-state index contributed by atoms with van der Waals surface area (Å²) in [6.07, 6.45) is 1.99. The summed E-state index contributed by atoms with van der Waals surface area (Å²) in [5, 5.41) is 3.27. The lowest BCUT2D eigenvalue weighted by Gasteiger charge is -2.17. The number of benzene rings is 2. The molecule has 2 rings (SSSR count). The summed E-state index contributed by atoms with van der Waals surface area (Å²) in [7, 11) is 0. The second-order valence-corrected chi connectivity index (χ2v) is 5.00. The van der Waals surface area contributed by atoms with E-state index in [1.54, 1.807) is 6.07 Å². The van der Waals surface area contributed by atoms with Crippen LogP contribution in [0.3, 0.4) is 0 Å². The highest BCUT2D eigenvalue weighted by Crippen LogP contribution is 2.20. The summed E-state index contributed by atoms with van der Waals surface area (Å²) in [6, 6.07) is 15.8. The molecule has 0 amide bonds. The standard InChI is InChI=1S/C17H20FN/c1-13-7-6-10-16(18)17(13)19-14(2)11-12-15-8-4-3-5-9-15/h3-10,14,19H,11-12H2,1-2H3. The minimum absolute atomic E-state index is 0.174. The molecule has 0 aromatic heterocycles. The van der Waals surface area contributed by atoms with Crippen molar-refractivity contribution >= 4 is 5.69 Å². The molecule has 2 aromatic rings. The van der Waals surface area contributed by atoms with Crippen LogP contribution in [-0.4, -0.2) is 6.04 Å². The summed E-state index contributed by atoms with van der Waals surface area (Å²) < 4.78 is 13.7. The van der Waals surface area contributed by atoms with Crippen molar-refractivity contribution in [1.29, 1.82) is 0 Å². The van der Waals surface area contributed by atoms with Crippen molar-refractivity contribution in [3.05, 3.63) is 65.5 Å². The monoisotopic (exact) mass is 257 g/mol. The van der Waals surface area contributed by atoms with Crippen molar-refractivity contribution in [3.8, 4) is 0 Å². The number of hydrogen-bond donors (Lipinski definition) is 1. The van der Waals surface area contributed by atoms with Crippen LogP contribution in [-0.2, 0) is 6.42 Å². The van der Waals surface area contributed by atoms with Gasteiger partial charge in [-0.1, -0.05) is 42.5 Å². The second-order valence-electron chi connectivity index (χ2n) is 5.00. The zero-order chi connectivity index (χ0) is 13.7. The van der Waals surface area contributed by atoms with Crippen LogP contribution in [0.2, 0.25) is 0 Å². The van der Waals surface area contributed by atoms with Gasteiger partial charge in [-0.2, -0.15) is 0 Å². The van der Waals surface area contributed by atoms with Crippen molar-refractivity contribution in [3.63, 3.8) is 0 Å². The molecule has 0 saturated carbocycles. The number of aryl methyl sites for hydroxylation is 2. The number of rotatable bonds is 5. The van der Waals surface area contributed by atoms with Crippen LogP contribution in [0, 0.1) is 12.7 Å². The van der Waals surface area contributed by atoms with Crippen LogP contribution in [0.4, 0.5) is 10.1 Å². The van der Waals surface area contributed by atoms with Crippen molar-refractivity contribution < 1.29 is 4.39 Å². The largest absolute Gasteiger partial charge is 0.380 e. The summed E-state index contributed by atoms with van der Waals surface area (Å²) >= 11 is 0. The Morgan fingerprint density at radius 1 is 1.05 bits per heavy atom. The van der Waals surface area contributed by atoms with Crippen LogP contribution in [0.15, 0.2) is 48.5 Å². The highest BCUT2D eigenvalue weighted by molar-refractivity contribution is 5.52. The van der Waals surface area contributed by atoms with E-state index in [9.17, 15) is 4.39 Å². The van der Waals surface area contributed by atoms with E-state index in [1.165, 1.54) is 11.6 Å². The lowest BCUT2D eigenvalue weighted by molar-refractivity contribution is 0.620. The first-order valence-electron chi connectivity index (χ1n) is 6.72. The van der Waals surface area contributed by atoms with Gasteiger partial charge in [0.05, 0.1) is 5.69 Å². The summed E-state index contributed by atoms with van der Waals surface area (Å²) in [5.41, 5.74) is 2.90. The Morgan fingerprint density at radius 2 is 1.79 bits per heavy atom. The third-order valence-corrected chi connectivity index (χ3v) is 3.32.